The maximum absolute atomic E-state index is 13.2. The molecule has 9 heteroatoms. The van der Waals surface area contributed by atoms with Gasteiger partial charge in [-0.3, -0.25) is 14.2 Å². The molecule has 1 saturated heterocycles. The summed E-state index contributed by atoms with van der Waals surface area (Å²) in [5, 5.41) is 6.26. The standard InChI is InChI=1S/C25H29N5O3S/c1-2-3-12-28-23(32)22-20(11-15-34-22)30-24(28)26-29(25(30)33)17-21(31)27-13-9-19(10-14-27)16-18-7-5-4-6-8-18/h4-8,11,15,19H,2-3,9-10,12-14,16-17H2,1H3. The Morgan fingerprint density at radius 3 is 2.62 bits per heavy atom. The highest BCUT2D eigenvalue weighted by Crippen LogP contribution is 2.22. The smallest absolute Gasteiger partial charge is 0.341 e. The van der Waals surface area contributed by atoms with Gasteiger partial charge in [-0.25, -0.2) is 13.9 Å². The van der Waals surface area contributed by atoms with E-state index in [9.17, 15) is 14.4 Å². The van der Waals surface area contributed by atoms with Crippen molar-refractivity contribution in [3.8, 4) is 0 Å². The van der Waals surface area contributed by atoms with Crippen molar-refractivity contribution in [2.75, 3.05) is 13.1 Å². The molecule has 8 nitrogen and oxygen atoms in total. The van der Waals surface area contributed by atoms with Gasteiger partial charge >= 0.3 is 5.69 Å². The molecule has 4 heterocycles. The number of piperidine rings is 1. The first-order valence-electron chi connectivity index (χ1n) is 12.0. The van der Waals surface area contributed by atoms with Crippen LogP contribution in [0.5, 0.6) is 0 Å². The lowest BCUT2D eigenvalue weighted by atomic mass is 9.90. The average Bonchev–Trinajstić information content (AvgIpc) is 3.45. The maximum Gasteiger partial charge on any atom is 0.352 e. The first-order valence-corrected chi connectivity index (χ1v) is 12.9. The van der Waals surface area contributed by atoms with Crippen LogP contribution < -0.4 is 11.2 Å². The first-order chi connectivity index (χ1) is 16.6. The van der Waals surface area contributed by atoms with Crippen molar-refractivity contribution >= 4 is 33.2 Å². The number of hydrogen-bond donors (Lipinski definition) is 0. The highest BCUT2D eigenvalue weighted by molar-refractivity contribution is 7.17. The van der Waals surface area contributed by atoms with Crippen molar-refractivity contribution in [1.29, 1.82) is 0 Å². The molecule has 1 aliphatic rings. The van der Waals surface area contributed by atoms with Crippen molar-refractivity contribution in [3.05, 3.63) is 68.2 Å². The number of benzene rings is 1. The lowest BCUT2D eigenvalue weighted by molar-refractivity contribution is -0.133. The minimum atomic E-state index is -0.379. The Morgan fingerprint density at radius 2 is 1.88 bits per heavy atom. The Morgan fingerprint density at radius 1 is 1.12 bits per heavy atom. The molecule has 0 saturated carbocycles. The van der Waals surface area contributed by atoms with Crippen LogP contribution in [0.3, 0.4) is 0 Å². The van der Waals surface area contributed by atoms with Gasteiger partial charge in [-0.15, -0.1) is 16.4 Å². The second kappa shape index (κ2) is 9.58. The fraction of sp³-hybridized carbons (Fsp3) is 0.440. The second-order valence-electron chi connectivity index (χ2n) is 9.03. The number of hydrogen-bond acceptors (Lipinski definition) is 5. The zero-order valence-electron chi connectivity index (χ0n) is 19.4. The molecule has 0 spiro atoms. The van der Waals surface area contributed by atoms with Gasteiger partial charge in [0, 0.05) is 19.6 Å². The molecule has 3 aromatic heterocycles. The number of nitrogens with zero attached hydrogens (tertiary/aromatic N) is 5. The van der Waals surface area contributed by atoms with E-state index >= 15 is 0 Å². The highest BCUT2D eigenvalue weighted by Gasteiger charge is 2.25. The zero-order valence-corrected chi connectivity index (χ0v) is 20.2. The number of carbonyl (C=O) groups is 1. The number of carbonyl (C=O) groups excluding carboxylic acids is 1. The molecule has 178 valence electrons. The summed E-state index contributed by atoms with van der Waals surface area (Å²) in [6.07, 6.45) is 4.66. The molecule has 1 aromatic carbocycles. The quantitative estimate of drug-likeness (QED) is 0.408. The minimum absolute atomic E-state index is 0.104. The molecule has 0 aliphatic carbocycles. The van der Waals surface area contributed by atoms with E-state index in [0.717, 1.165) is 32.1 Å². The van der Waals surface area contributed by atoms with Crippen LogP contribution in [0.1, 0.15) is 38.2 Å². The number of amides is 1. The summed E-state index contributed by atoms with van der Waals surface area (Å²) in [4.78, 5) is 41.1. The van der Waals surface area contributed by atoms with E-state index in [0.29, 0.717) is 41.5 Å². The SMILES string of the molecule is CCCCn1c(=O)c2sccc2n2c(=O)n(CC(=O)N3CCC(Cc4ccccc4)CC3)nc12. The largest absolute Gasteiger partial charge is 0.352 e. The van der Waals surface area contributed by atoms with Crippen LogP contribution in [0.2, 0.25) is 0 Å². The summed E-state index contributed by atoms with van der Waals surface area (Å²) in [6.45, 7) is 3.81. The summed E-state index contributed by atoms with van der Waals surface area (Å²) < 4.78 is 4.80. The Bertz CT molecular complexity index is 1420. The average molecular weight is 480 g/mol. The third-order valence-electron chi connectivity index (χ3n) is 6.74. The van der Waals surface area contributed by atoms with Crippen LogP contribution in [0.4, 0.5) is 0 Å². The van der Waals surface area contributed by atoms with Gasteiger partial charge < -0.3 is 4.90 Å². The minimum Gasteiger partial charge on any atom is -0.341 e. The predicted octanol–water partition coefficient (Wildman–Crippen LogP) is 3.15. The van der Waals surface area contributed by atoms with E-state index in [1.54, 1.807) is 10.6 Å². The van der Waals surface area contributed by atoms with Gasteiger partial charge in [-0.2, -0.15) is 0 Å². The lowest BCUT2D eigenvalue weighted by Crippen LogP contribution is -2.42. The van der Waals surface area contributed by atoms with Crippen LogP contribution in [-0.2, 0) is 24.3 Å². The number of aryl methyl sites for hydroxylation is 1. The van der Waals surface area contributed by atoms with Crippen LogP contribution in [-0.4, -0.2) is 42.6 Å². The molecule has 1 fully saturated rings. The van der Waals surface area contributed by atoms with Crippen molar-refractivity contribution in [2.24, 2.45) is 5.92 Å². The van der Waals surface area contributed by atoms with Crippen LogP contribution in [0.25, 0.3) is 16.0 Å². The number of fused-ring (bicyclic) bond motifs is 3. The number of unbranched alkanes of at least 4 members (excludes halogenated alkanes) is 1. The van der Waals surface area contributed by atoms with Crippen molar-refractivity contribution in [3.63, 3.8) is 0 Å². The van der Waals surface area contributed by atoms with E-state index in [1.807, 2.05) is 16.3 Å². The topological polar surface area (TPSA) is 81.6 Å². The molecule has 0 atom stereocenters. The molecular formula is C25H29N5O3S. The summed E-state index contributed by atoms with van der Waals surface area (Å²) in [6, 6.07) is 12.2. The number of likely N-dealkylation sites (tertiary alicyclic amines) is 1. The fourth-order valence-corrected chi connectivity index (χ4v) is 5.64. The van der Waals surface area contributed by atoms with Gasteiger partial charge in [-0.05, 0) is 48.6 Å². The van der Waals surface area contributed by atoms with E-state index in [-0.39, 0.29) is 23.7 Å². The molecule has 0 N–H and O–H groups in total. The van der Waals surface area contributed by atoms with E-state index < -0.39 is 0 Å². The van der Waals surface area contributed by atoms with E-state index in [4.69, 9.17) is 0 Å². The van der Waals surface area contributed by atoms with Gasteiger partial charge in [-0.1, -0.05) is 43.7 Å². The summed E-state index contributed by atoms with van der Waals surface area (Å²) in [7, 11) is 0. The Labute approximate surface area is 201 Å². The van der Waals surface area contributed by atoms with Crippen molar-refractivity contribution in [2.45, 2.75) is 52.1 Å². The third kappa shape index (κ3) is 4.20. The van der Waals surface area contributed by atoms with Crippen LogP contribution in [0.15, 0.2) is 51.4 Å². The third-order valence-corrected chi connectivity index (χ3v) is 7.63. The van der Waals surface area contributed by atoms with Gasteiger partial charge in [0.05, 0.1) is 5.52 Å². The van der Waals surface area contributed by atoms with E-state index in [1.165, 1.54) is 26.0 Å². The summed E-state index contributed by atoms with van der Waals surface area (Å²) in [5.74, 6) is 0.764. The van der Waals surface area contributed by atoms with Crippen molar-refractivity contribution in [1.82, 2.24) is 23.6 Å². The molecular weight excluding hydrogens is 450 g/mol. The molecule has 0 unspecified atom stereocenters. The molecule has 0 bridgehead atoms. The van der Waals surface area contributed by atoms with Gasteiger partial charge in [0.1, 0.15) is 11.2 Å². The number of rotatable bonds is 7. The second-order valence-corrected chi connectivity index (χ2v) is 9.95. The van der Waals surface area contributed by atoms with Gasteiger partial charge in [0.15, 0.2) is 0 Å². The van der Waals surface area contributed by atoms with Crippen LogP contribution >= 0.6 is 11.3 Å². The van der Waals surface area contributed by atoms with Gasteiger partial charge in [0.25, 0.3) is 5.56 Å². The zero-order chi connectivity index (χ0) is 23.7. The number of aromatic nitrogens is 4. The van der Waals surface area contributed by atoms with Crippen molar-refractivity contribution < 1.29 is 4.79 Å². The number of thiophene rings is 1. The first kappa shape index (κ1) is 22.6. The fourth-order valence-electron chi connectivity index (χ4n) is 4.82. The molecule has 1 aliphatic heterocycles. The predicted molar refractivity (Wildman–Crippen MR) is 133 cm³/mol. The maximum atomic E-state index is 13.2. The highest BCUT2D eigenvalue weighted by atomic mass is 32.1. The molecule has 4 aromatic rings. The van der Waals surface area contributed by atoms with Gasteiger partial charge in [0.2, 0.25) is 11.7 Å². The Balaban J connectivity index is 1.35. The Hall–Kier alpha value is -3.20. The molecule has 34 heavy (non-hydrogen) atoms. The lowest BCUT2D eigenvalue weighted by Gasteiger charge is -2.32. The molecule has 0 radical (unpaired) electrons. The van der Waals surface area contributed by atoms with E-state index in [2.05, 4.69) is 36.3 Å². The molecule has 5 rings (SSSR count). The summed E-state index contributed by atoms with van der Waals surface area (Å²) >= 11 is 1.33. The summed E-state index contributed by atoms with van der Waals surface area (Å²) in [5.41, 5.74) is 1.38. The normalized spacial score (nSPS) is 14.9. The van der Waals surface area contributed by atoms with Crippen LogP contribution in [0, 0.1) is 5.92 Å². The molecule has 1 amide bonds. The Kier molecular flexibility index (Phi) is 6.36. The monoisotopic (exact) mass is 479 g/mol.